The van der Waals surface area contributed by atoms with Crippen LogP contribution in [0.1, 0.15) is 12.0 Å². The fourth-order valence-corrected chi connectivity index (χ4v) is 1.97. The van der Waals surface area contributed by atoms with Gasteiger partial charge in [-0.05, 0) is 30.5 Å². The Labute approximate surface area is 108 Å². The van der Waals surface area contributed by atoms with E-state index in [1.807, 2.05) is 0 Å². The van der Waals surface area contributed by atoms with Crippen LogP contribution in [0.3, 0.4) is 0 Å². The minimum Gasteiger partial charge on any atom is -0.481 e. The Morgan fingerprint density at radius 2 is 1.84 bits per heavy atom. The van der Waals surface area contributed by atoms with Gasteiger partial charge in [-0.25, -0.2) is 8.78 Å². The molecule has 0 heterocycles. The number of carbonyl (C=O) groups excluding carboxylic acids is 1. The van der Waals surface area contributed by atoms with Crippen molar-refractivity contribution in [1.29, 1.82) is 0 Å². The van der Waals surface area contributed by atoms with Gasteiger partial charge < -0.3 is 10.4 Å². The maximum Gasteiger partial charge on any atom is 0.307 e. The van der Waals surface area contributed by atoms with Crippen molar-refractivity contribution in [2.24, 2.45) is 11.8 Å². The summed E-state index contributed by atoms with van der Waals surface area (Å²) in [6.45, 7) is 0.227. The predicted octanol–water partition coefficient (Wildman–Crippen LogP) is 1.34. The second-order valence-electron chi connectivity index (χ2n) is 4.61. The molecule has 102 valence electrons. The van der Waals surface area contributed by atoms with Gasteiger partial charge in [-0.15, -0.1) is 0 Å². The van der Waals surface area contributed by atoms with Crippen molar-refractivity contribution in [1.82, 2.24) is 5.32 Å². The molecular weight excluding hydrogens is 256 g/mol. The van der Waals surface area contributed by atoms with Crippen molar-refractivity contribution in [2.75, 3.05) is 6.54 Å². The summed E-state index contributed by atoms with van der Waals surface area (Å²) in [6.07, 6.45) is 0.653. The Morgan fingerprint density at radius 1 is 1.21 bits per heavy atom. The molecule has 0 aromatic heterocycles. The molecule has 1 aromatic carbocycles. The number of halogens is 2. The smallest absolute Gasteiger partial charge is 0.307 e. The molecule has 2 rings (SSSR count). The monoisotopic (exact) mass is 269 g/mol. The third-order valence-corrected chi connectivity index (χ3v) is 3.08. The number of carbonyl (C=O) groups is 2. The molecule has 4 nitrogen and oxygen atoms in total. The van der Waals surface area contributed by atoms with E-state index in [1.54, 1.807) is 0 Å². The number of amides is 1. The van der Waals surface area contributed by atoms with Crippen LogP contribution in [0.4, 0.5) is 8.78 Å². The van der Waals surface area contributed by atoms with Crippen molar-refractivity contribution < 1.29 is 23.5 Å². The first-order valence-electron chi connectivity index (χ1n) is 5.93. The summed E-state index contributed by atoms with van der Waals surface area (Å²) in [5.74, 6) is -3.66. The molecule has 1 fully saturated rings. The average molecular weight is 269 g/mol. The molecule has 1 aromatic rings. The van der Waals surface area contributed by atoms with Crippen molar-refractivity contribution in [3.63, 3.8) is 0 Å². The zero-order valence-electron chi connectivity index (χ0n) is 10.0. The van der Waals surface area contributed by atoms with Crippen LogP contribution >= 0.6 is 0 Å². The van der Waals surface area contributed by atoms with E-state index in [1.165, 1.54) is 12.1 Å². The highest BCUT2D eigenvalue weighted by Gasteiger charge is 2.48. The highest BCUT2D eigenvalue weighted by Crippen LogP contribution is 2.38. The number of rotatable bonds is 5. The van der Waals surface area contributed by atoms with E-state index in [0.717, 1.165) is 6.07 Å². The van der Waals surface area contributed by atoms with Gasteiger partial charge in [-0.3, -0.25) is 9.59 Å². The van der Waals surface area contributed by atoms with Gasteiger partial charge in [0.05, 0.1) is 11.8 Å². The van der Waals surface area contributed by atoms with Crippen LogP contribution in [-0.2, 0) is 16.0 Å². The minimum absolute atomic E-state index is 0.227. The van der Waals surface area contributed by atoms with E-state index in [-0.39, 0.29) is 12.5 Å². The molecule has 0 spiro atoms. The summed E-state index contributed by atoms with van der Waals surface area (Å²) >= 11 is 0. The molecule has 1 aliphatic rings. The molecule has 6 heteroatoms. The van der Waals surface area contributed by atoms with Crippen LogP contribution in [0.5, 0.6) is 0 Å². The van der Waals surface area contributed by atoms with Gasteiger partial charge >= 0.3 is 5.97 Å². The molecule has 19 heavy (non-hydrogen) atoms. The van der Waals surface area contributed by atoms with Crippen molar-refractivity contribution in [2.45, 2.75) is 12.8 Å². The molecule has 0 aliphatic heterocycles. The van der Waals surface area contributed by atoms with Crippen LogP contribution in [0.2, 0.25) is 0 Å². The lowest BCUT2D eigenvalue weighted by Crippen LogP contribution is -2.28. The second kappa shape index (κ2) is 5.34. The van der Waals surface area contributed by atoms with Gasteiger partial charge in [0, 0.05) is 12.6 Å². The molecule has 2 N–H and O–H groups in total. The summed E-state index contributed by atoms with van der Waals surface area (Å²) in [5.41, 5.74) is 0.448. The van der Waals surface area contributed by atoms with Gasteiger partial charge in [-0.1, -0.05) is 0 Å². The van der Waals surface area contributed by atoms with Gasteiger partial charge in [-0.2, -0.15) is 0 Å². The van der Waals surface area contributed by atoms with Crippen molar-refractivity contribution in [3.05, 3.63) is 35.4 Å². The lowest BCUT2D eigenvalue weighted by atomic mass is 10.1. The molecule has 0 saturated heterocycles. The fraction of sp³-hybridized carbons (Fsp3) is 0.385. The van der Waals surface area contributed by atoms with Gasteiger partial charge in [0.1, 0.15) is 11.6 Å². The first kappa shape index (κ1) is 13.5. The molecule has 1 amide bonds. The summed E-state index contributed by atoms with van der Waals surface area (Å²) < 4.78 is 25.8. The molecular formula is C13H13F2NO3. The number of aliphatic carboxylic acids is 1. The largest absolute Gasteiger partial charge is 0.481 e. The predicted molar refractivity (Wildman–Crippen MR) is 62.3 cm³/mol. The molecule has 1 saturated carbocycles. The van der Waals surface area contributed by atoms with Gasteiger partial charge in [0.2, 0.25) is 5.91 Å². The molecule has 0 radical (unpaired) electrons. The number of carboxylic acid groups (broad SMARTS) is 1. The van der Waals surface area contributed by atoms with Crippen LogP contribution in [0, 0.1) is 23.5 Å². The third-order valence-electron chi connectivity index (χ3n) is 3.08. The Balaban J connectivity index is 1.78. The van der Waals surface area contributed by atoms with E-state index in [4.69, 9.17) is 5.11 Å². The van der Waals surface area contributed by atoms with Crippen LogP contribution in [0.15, 0.2) is 18.2 Å². The summed E-state index contributed by atoms with van der Waals surface area (Å²) in [5, 5.41) is 11.2. The number of benzene rings is 1. The van der Waals surface area contributed by atoms with E-state index in [9.17, 15) is 18.4 Å². The zero-order chi connectivity index (χ0) is 14.0. The fourth-order valence-electron chi connectivity index (χ4n) is 1.97. The summed E-state index contributed by atoms with van der Waals surface area (Å²) in [4.78, 5) is 22.1. The number of nitrogens with one attached hydrogen (secondary N) is 1. The van der Waals surface area contributed by atoms with E-state index < -0.39 is 29.4 Å². The summed E-state index contributed by atoms with van der Waals surface area (Å²) in [7, 11) is 0. The molecule has 2 atom stereocenters. The van der Waals surface area contributed by atoms with E-state index in [2.05, 4.69) is 5.32 Å². The SMILES string of the molecule is O=C(O)[C@H]1C[C@@H]1C(=O)NCCc1cc(F)cc(F)c1. The standard InChI is InChI=1S/C13H13F2NO3/c14-8-3-7(4-9(15)5-8)1-2-16-12(17)10-6-11(10)13(18)19/h3-5,10-11H,1-2,6H2,(H,16,17)(H,18,19)/t10-,11-/m0/s1. The number of carboxylic acids is 1. The maximum absolute atomic E-state index is 12.9. The lowest BCUT2D eigenvalue weighted by molar-refractivity contribution is -0.140. The van der Waals surface area contributed by atoms with E-state index >= 15 is 0 Å². The van der Waals surface area contributed by atoms with Crippen LogP contribution < -0.4 is 5.32 Å². The Hall–Kier alpha value is -1.98. The number of hydrogen-bond donors (Lipinski definition) is 2. The lowest BCUT2D eigenvalue weighted by Gasteiger charge is -2.05. The first-order valence-corrected chi connectivity index (χ1v) is 5.93. The Bertz CT molecular complexity index is 498. The third kappa shape index (κ3) is 3.49. The first-order chi connectivity index (χ1) is 8.97. The van der Waals surface area contributed by atoms with Crippen LogP contribution in [-0.4, -0.2) is 23.5 Å². The average Bonchev–Trinajstić information content (AvgIpc) is 3.07. The van der Waals surface area contributed by atoms with Crippen molar-refractivity contribution in [3.8, 4) is 0 Å². The van der Waals surface area contributed by atoms with E-state index in [0.29, 0.717) is 18.4 Å². The highest BCUT2D eigenvalue weighted by molar-refractivity contribution is 5.89. The minimum atomic E-state index is -0.965. The topological polar surface area (TPSA) is 66.4 Å². The van der Waals surface area contributed by atoms with Crippen molar-refractivity contribution >= 4 is 11.9 Å². The maximum atomic E-state index is 12.9. The molecule has 0 unspecified atom stereocenters. The molecule has 0 bridgehead atoms. The number of hydrogen-bond acceptors (Lipinski definition) is 2. The normalized spacial score (nSPS) is 20.9. The van der Waals surface area contributed by atoms with Gasteiger partial charge in [0.15, 0.2) is 0 Å². The van der Waals surface area contributed by atoms with Gasteiger partial charge in [0.25, 0.3) is 0 Å². The van der Waals surface area contributed by atoms with Crippen LogP contribution in [0.25, 0.3) is 0 Å². The highest BCUT2D eigenvalue weighted by atomic mass is 19.1. The Kier molecular flexibility index (Phi) is 3.78. The zero-order valence-corrected chi connectivity index (χ0v) is 10.0. The second-order valence-corrected chi connectivity index (χ2v) is 4.61. The quantitative estimate of drug-likeness (QED) is 0.847. The Morgan fingerprint density at radius 3 is 2.37 bits per heavy atom. The molecule has 1 aliphatic carbocycles. The summed E-state index contributed by atoms with van der Waals surface area (Å²) in [6, 6.07) is 3.18.